The average molecular weight is 384 g/mol. The zero-order chi connectivity index (χ0) is 18.8. The van der Waals surface area contributed by atoms with Crippen molar-refractivity contribution in [2.24, 2.45) is 0 Å². The van der Waals surface area contributed by atoms with Crippen molar-refractivity contribution in [2.45, 2.75) is 6.54 Å². The van der Waals surface area contributed by atoms with E-state index in [0.717, 1.165) is 17.1 Å². The van der Waals surface area contributed by atoms with Crippen molar-refractivity contribution < 1.29 is 9.47 Å². The predicted octanol–water partition coefficient (Wildman–Crippen LogP) is 3.29. The second-order valence-corrected chi connectivity index (χ2v) is 6.61. The van der Waals surface area contributed by atoms with Crippen LogP contribution in [0, 0.1) is 0 Å². The van der Waals surface area contributed by atoms with E-state index in [0.29, 0.717) is 31.1 Å². The molecule has 0 saturated heterocycles. The summed E-state index contributed by atoms with van der Waals surface area (Å²) in [5.41, 5.74) is 1.91. The zero-order valence-corrected chi connectivity index (χ0v) is 15.5. The highest BCUT2D eigenvalue weighted by molar-refractivity contribution is 6.33. The van der Waals surface area contributed by atoms with Gasteiger partial charge in [0.1, 0.15) is 18.2 Å². The lowest BCUT2D eigenvalue weighted by molar-refractivity contribution is 0.171. The van der Waals surface area contributed by atoms with Gasteiger partial charge in [-0.05, 0) is 29.8 Å². The fourth-order valence-electron chi connectivity index (χ4n) is 2.99. The lowest BCUT2D eigenvalue weighted by Gasteiger charge is -2.23. The van der Waals surface area contributed by atoms with E-state index >= 15 is 0 Å². The maximum atomic E-state index is 12.6. The topological polar surface area (TPSA) is 56.6 Å². The van der Waals surface area contributed by atoms with Gasteiger partial charge in [0.2, 0.25) is 0 Å². The first kappa shape index (κ1) is 17.4. The predicted molar refractivity (Wildman–Crippen MR) is 104 cm³/mol. The van der Waals surface area contributed by atoms with Crippen LogP contribution in [0.2, 0.25) is 5.02 Å². The zero-order valence-electron chi connectivity index (χ0n) is 14.8. The van der Waals surface area contributed by atoms with Crippen molar-refractivity contribution in [2.75, 3.05) is 25.2 Å². The third-order valence-corrected chi connectivity index (χ3v) is 4.69. The monoisotopic (exact) mass is 383 g/mol. The summed E-state index contributed by atoms with van der Waals surface area (Å²) in [4.78, 5) is 14.5. The van der Waals surface area contributed by atoms with Gasteiger partial charge in [-0.25, -0.2) is 0 Å². The first-order valence-electron chi connectivity index (χ1n) is 8.56. The van der Waals surface area contributed by atoms with Crippen LogP contribution in [0.25, 0.3) is 5.69 Å². The number of rotatable bonds is 4. The Morgan fingerprint density at radius 1 is 1.11 bits per heavy atom. The van der Waals surface area contributed by atoms with Crippen LogP contribution in [0.1, 0.15) is 5.56 Å². The van der Waals surface area contributed by atoms with Gasteiger partial charge < -0.3 is 14.4 Å². The first-order valence-corrected chi connectivity index (χ1v) is 8.94. The molecule has 1 aromatic heterocycles. The Balaban J connectivity index is 1.60. The fraction of sp³-hybridized carbons (Fsp3) is 0.200. The van der Waals surface area contributed by atoms with E-state index < -0.39 is 0 Å². The molecule has 0 aliphatic carbocycles. The molecule has 0 radical (unpaired) electrons. The molecule has 0 unspecified atom stereocenters. The minimum atomic E-state index is -0.352. The van der Waals surface area contributed by atoms with Crippen molar-refractivity contribution >= 4 is 17.3 Å². The number of nitrogens with zero attached hydrogens (tertiary/aromatic N) is 3. The molecule has 1 aliphatic rings. The molecule has 0 saturated carbocycles. The fourth-order valence-corrected chi connectivity index (χ4v) is 3.26. The van der Waals surface area contributed by atoms with Gasteiger partial charge in [0.15, 0.2) is 11.5 Å². The molecule has 0 fully saturated rings. The lowest BCUT2D eigenvalue weighted by atomic mass is 10.2. The highest BCUT2D eigenvalue weighted by Crippen LogP contribution is 2.31. The number of fused-ring (bicyclic) bond motifs is 1. The van der Waals surface area contributed by atoms with Gasteiger partial charge in [0, 0.05) is 13.6 Å². The Bertz CT molecular complexity index is 1020. The van der Waals surface area contributed by atoms with Gasteiger partial charge in [0.25, 0.3) is 5.56 Å². The molecule has 0 spiro atoms. The molecule has 138 valence electrons. The maximum Gasteiger partial charge on any atom is 0.292 e. The number of aromatic nitrogens is 2. The second kappa shape index (κ2) is 7.32. The summed E-state index contributed by atoms with van der Waals surface area (Å²) >= 11 is 6.37. The van der Waals surface area contributed by atoms with Crippen LogP contribution in [0.15, 0.2) is 59.5 Å². The highest BCUT2D eigenvalue weighted by atomic mass is 35.5. The van der Waals surface area contributed by atoms with E-state index in [2.05, 4.69) is 5.10 Å². The Morgan fingerprint density at radius 3 is 2.63 bits per heavy atom. The summed E-state index contributed by atoms with van der Waals surface area (Å²) in [6.45, 7) is 1.65. The maximum absolute atomic E-state index is 12.6. The van der Waals surface area contributed by atoms with Crippen molar-refractivity contribution in [1.29, 1.82) is 0 Å². The van der Waals surface area contributed by atoms with Crippen LogP contribution in [-0.4, -0.2) is 30.0 Å². The molecule has 3 aromatic rings. The van der Waals surface area contributed by atoms with Gasteiger partial charge in [-0.3, -0.25) is 4.79 Å². The summed E-state index contributed by atoms with van der Waals surface area (Å²) in [5, 5.41) is 4.41. The van der Waals surface area contributed by atoms with E-state index in [4.69, 9.17) is 21.1 Å². The molecule has 2 heterocycles. The SMILES string of the molecule is CN(Cc1ccc2c(c1)OCCO2)c1cnn(-c2ccccc2)c(=O)c1Cl. The summed E-state index contributed by atoms with van der Waals surface area (Å²) in [5.74, 6) is 1.48. The Labute approximate surface area is 161 Å². The number of hydrogen-bond donors (Lipinski definition) is 0. The van der Waals surface area contributed by atoms with Gasteiger partial charge in [0.05, 0.1) is 17.6 Å². The summed E-state index contributed by atoms with van der Waals surface area (Å²) in [6.07, 6.45) is 1.61. The van der Waals surface area contributed by atoms with Crippen LogP contribution in [0.4, 0.5) is 5.69 Å². The first-order chi connectivity index (χ1) is 13.1. The van der Waals surface area contributed by atoms with Crippen LogP contribution in [-0.2, 0) is 6.54 Å². The number of halogens is 1. The largest absolute Gasteiger partial charge is 0.486 e. The summed E-state index contributed by atoms with van der Waals surface area (Å²) in [6, 6.07) is 15.0. The third kappa shape index (κ3) is 3.48. The molecule has 0 N–H and O–H groups in total. The van der Waals surface area contributed by atoms with Gasteiger partial charge >= 0.3 is 0 Å². The normalized spacial score (nSPS) is 12.7. The number of para-hydroxylation sites is 1. The van der Waals surface area contributed by atoms with Gasteiger partial charge in [-0.15, -0.1) is 0 Å². The van der Waals surface area contributed by atoms with Crippen molar-refractivity contribution in [3.63, 3.8) is 0 Å². The minimum Gasteiger partial charge on any atom is -0.486 e. The summed E-state index contributed by atoms with van der Waals surface area (Å²) in [7, 11) is 1.87. The molecular formula is C20H18ClN3O3. The molecule has 2 aromatic carbocycles. The number of hydrogen-bond acceptors (Lipinski definition) is 5. The molecular weight excluding hydrogens is 366 g/mol. The van der Waals surface area contributed by atoms with Crippen LogP contribution >= 0.6 is 11.6 Å². The van der Waals surface area contributed by atoms with E-state index in [1.807, 2.05) is 60.5 Å². The summed E-state index contributed by atoms with van der Waals surface area (Å²) < 4.78 is 12.5. The van der Waals surface area contributed by atoms with E-state index in [9.17, 15) is 4.79 Å². The standard InChI is InChI=1S/C20H18ClN3O3/c1-23(13-14-7-8-17-18(11-14)27-10-9-26-17)16-12-22-24(20(25)19(16)21)15-5-3-2-4-6-15/h2-8,11-12H,9-10,13H2,1H3. The van der Waals surface area contributed by atoms with Crippen LogP contribution < -0.4 is 19.9 Å². The molecule has 4 rings (SSSR count). The molecule has 0 amide bonds. The van der Waals surface area contributed by atoms with Crippen molar-refractivity contribution in [3.05, 3.63) is 75.7 Å². The number of benzene rings is 2. The van der Waals surface area contributed by atoms with Crippen LogP contribution in [0.3, 0.4) is 0 Å². The second-order valence-electron chi connectivity index (χ2n) is 6.23. The van der Waals surface area contributed by atoms with E-state index in [1.165, 1.54) is 4.68 Å². The molecule has 7 heteroatoms. The number of anilines is 1. The van der Waals surface area contributed by atoms with Crippen molar-refractivity contribution in [1.82, 2.24) is 9.78 Å². The van der Waals surface area contributed by atoms with Crippen molar-refractivity contribution in [3.8, 4) is 17.2 Å². The lowest BCUT2D eigenvalue weighted by Crippen LogP contribution is -2.26. The van der Waals surface area contributed by atoms with E-state index in [-0.39, 0.29) is 10.6 Å². The average Bonchev–Trinajstić information content (AvgIpc) is 2.70. The molecule has 1 aliphatic heterocycles. The Hall–Kier alpha value is -2.99. The highest BCUT2D eigenvalue weighted by Gasteiger charge is 2.16. The van der Waals surface area contributed by atoms with E-state index in [1.54, 1.807) is 6.20 Å². The molecule has 0 bridgehead atoms. The van der Waals surface area contributed by atoms with Gasteiger partial charge in [-0.2, -0.15) is 9.78 Å². The quantitative estimate of drug-likeness (QED) is 0.692. The minimum absolute atomic E-state index is 0.133. The third-order valence-electron chi connectivity index (χ3n) is 4.34. The smallest absolute Gasteiger partial charge is 0.292 e. The Kier molecular flexibility index (Phi) is 4.73. The molecule has 0 atom stereocenters. The number of ether oxygens (including phenoxy) is 2. The molecule has 27 heavy (non-hydrogen) atoms. The Morgan fingerprint density at radius 2 is 1.85 bits per heavy atom. The molecule has 6 nitrogen and oxygen atoms in total. The van der Waals surface area contributed by atoms with Gasteiger partial charge in [-0.1, -0.05) is 35.9 Å². The van der Waals surface area contributed by atoms with Crippen LogP contribution in [0.5, 0.6) is 11.5 Å².